The van der Waals surface area contributed by atoms with Crippen molar-refractivity contribution < 1.29 is 14.3 Å². The van der Waals surface area contributed by atoms with E-state index in [-0.39, 0.29) is 11.3 Å². The second kappa shape index (κ2) is 6.19. The lowest BCUT2D eigenvalue weighted by molar-refractivity contribution is 0.102. The van der Waals surface area contributed by atoms with Gasteiger partial charge in [0, 0.05) is 16.7 Å². The summed E-state index contributed by atoms with van der Waals surface area (Å²) in [5.41, 5.74) is 3.53. The van der Waals surface area contributed by atoms with Crippen LogP contribution in [0.2, 0.25) is 0 Å². The topological polar surface area (TPSA) is 47.6 Å². The smallest absolute Gasteiger partial charge is 0.255 e. The van der Waals surface area contributed by atoms with Gasteiger partial charge in [-0.05, 0) is 55.3 Å². The Hall–Kier alpha value is -2.49. The van der Waals surface area contributed by atoms with E-state index in [1.54, 1.807) is 18.2 Å². The highest BCUT2D eigenvalue weighted by Gasteiger charge is 2.25. The summed E-state index contributed by atoms with van der Waals surface area (Å²) in [4.78, 5) is 12.5. The highest BCUT2D eigenvalue weighted by molar-refractivity contribution is 6.04. The molecule has 4 heteroatoms. The molecule has 0 saturated heterocycles. The molecule has 0 radical (unpaired) electrons. The number of benzene rings is 2. The minimum atomic E-state index is -0.157. The van der Waals surface area contributed by atoms with E-state index >= 15 is 0 Å². The molecular weight excluding hydrogens is 302 g/mol. The Labute approximate surface area is 142 Å². The fraction of sp³-hybridized carbons (Fsp3) is 0.350. The zero-order valence-corrected chi connectivity index (χ0v) is 14.6. The first-order valence-electron chi connectivity index (χ1n) is 8.12. The van der Waals surface area contributed by atoms with Crippen molar-refractivity contribution in [3.63, 3.8) is 0 Å². The van der Waals surface area contributed by atoms with Crippen LogP contribution in [0.4, 0.5) is 5.69 Å². The normalized spacial score (nSPS) is 15.5. The van der Waals surface area contributed by atoms with Crippen molar-refractivity contribution in [2.45, 2.75) is 27.7 Å². The van der Waals surface area contributed by atoms with Gasteiger partial charge >= 0.3 is 0 Å². The van der Waals surface area contributed by atoms with Gasteiger partial charge in [0.15, 0.2) is 11.5 Å². The van der Waals surface area contributed by atoms with Gasteiger partial charge in [-0.2, -0.15) is 0 Å². The highest BCUT2D eigenvalue weighted by Crippen LogP contribution is 2.34. The Balaban J connectivity index is 1.80. The van der Waals surface area contributed by atoms with Gasteiger partial charge in [-0.3, -0.25) is 4.79 Å². The molecule has 0 saturated carbocycles. The van der Waals surface area contributed by atoms with Crippen LogP contribution >= 0.6 is 0 Å². The third-order valence-electron chi connectivity index (χ3n) is 3.92. The summed E-state index contributed by atoms with van der Waals surface area (Å²) in [5.74, 6) is 1.15. The summed E-state index contributed by atoms with van der Waals surface area (Å²) in [6.07, 6.45) is 0. The van der Waals surface area contributed by atoms with Crippen LogP contribution in [0, 0.1) is 19.3 Å². The van der Waals surface area contributed by atoms with Gasteiger partial charge in [0.1, 0.15) is 0 Å². The largest absolute Gasteiger partial charge is 0.489 e. The number of nitrogens with one attached hydrogen (secondary N) is 1. The van der Waals surface area contributed by atoms with E-state index in [4.69, 9.17) is 9.47 Å². The summed E-state index contributed by atoms with van der Waals surface area (Å²) in [7, 11) is 0. The summed E-state index contributed by atoms with van der Waals surface area (Å²) >= 11 is 0. The minimum Gasteiger partial charge on any atom is -0.489 e. The number of amides is 1. The molecule has 2 aromatic carbocycles. The molecule has 2 aromatic rings. The summed E-state index contributed by atoms with van der Waals surface area (Å²) in [6, 6.07) is 11.3. The lowest BCUT2D eigenvalue weighted by atomic mass is 9.97. The van der Waals surface area contributed by atoms with Gasteiger partial charge < -0.3 is 14.8 Å². The lowest BCUT2D eigenvalue weighted by Crippen LogP contribution is -2.26. The highest BCUT2D eigenvalue weighted by atomic mass is 16.5. The number of rotatable bonds is 2. The van der Waals surface area contributed by atoms with E-state index in [1.807, 2.05) is 26.0 Å². The summed E-state index contributed by atoms with van der Waals surface area (Å²) < 4.78 is 11.6. The fourth-order valence-corrected chi connectivity index (χ4v) is 2.72. The van der Waals surface area contributed by atoms with Crippen LogP contribution in [-0.2, 0) is 0 Å². The number of ether oxygens (including phenoxy) is 2. The van der Waals surface area contributed by atoms with Gasteiger partial charge in [-0.1, -0.05) is 19.9 Å². The predicted molar refractivity (Wildman–Crippen MR) is 95.1 cm³/mol. The number of anilines is 1. The maximum absolute atomic E-state index is 12.5. The second-order valence-electron chi connectivity index (χ2n) is 7.23. The quantitative estimate of drug-likeness (QED) is 0.893. The molecule has 126 valence electrons. The maximum atomic E-state index is 12.5. The van der Waals surface area contributed by atoms with E-state index in [9.17, 15) is 4.79 Å². The Morgan fingerprint density at radius 3 is 2.25 bits per heavy atom. The standard InChI is InChI=1S/C20H23NO3/c1-13-7-14(2)9-16(8-13)21-19(22)15-5-6-17-18(10-15)24-12-20(3,4)11-23-17/h5-10H,11-12H2,1-4H3,(H,21,22). The van der Waals surface area contributed by atoms with Gasteiger partial charge in [0.25, 0.3) is 5.91 Å². The van der Waals surface area contributed by atoms with Crippen LogP contribution < -0.4 is 14.8 Å². The molecule has 0 unspecified atom stereocenters. The number of carbonyl (C=O) groups is 1. The number of aryl methyl sites for hydroxylation is 2. The molecule has 0 bridgehead atoms. The number of hydrogen-bond donors (Lipinski definition) is 1. The minimum absolute atomic E-state index is 0.0550. The van der Waals surface area contributed by atoms with Crippen molar-refractivity contribution in [3.8, 4) is 11.5 Å². The maximum Gasteiger partial charge on any atom is 0.255 e. The zero-order chi connectivity index (χ0) is 17.3. The third kappa shape index (κ3) is 3.70. The van der Waals surface area contributed by atoms with Crippen LogP contribution in [0.3, 0.4) is 0 Å². The predicted octanol–water partition coefficient (Wildman–Crippen LogP) is 4.35. The SMILES string of the molecule is Cc1cc(C)cc(NC(=O)c2ccc3c(c2)OCC(C)(C)CO3)c1. The molecule has 24 heavy (non-hydrogen) atoms. The van der Waals surface area contributed by atoms with Crippen molar-refractivity contribution in [2.24, 2.45) is 5.41 Å². The summed E-state index contributed by atoms with van der Waals surface area (Å²) in [5, 5.41) is 2.94. The van der Waals surface area contributed by atoms with E-state index < -0.39 is 0 Å². The van der Waals surface area contributed by atoms with E-state index in [1.165, 1.54) is 0 Å². The molecule has 0 fully saturated rings. The Morgan fingerprint density at radius 2 is 1.58 bits per heavy atom. The van der Waals surface area contributed by atoms with E-state index in [0.717, 1.165) is 16.8 Å². The van der Waals surface area contributed by atoms with Crippen molar-refractivity contribution >= 4 is 11.6 Å². The van der Waals surface area contributed by atoms with E-state index in [2.05, 4.69) is 25.2 Å². The van der Waals surface area contributed by atoms with Crippen molar-refractivity contribution in [1.82, 2.24) is 0 Å². The fourth-order valence-electron chi connectivity index (χ4n) is 2.72. The second-order valence-corrected chi connectivity index (χ2v) is 7.23. The number of hydrogen-bond acceptors (Lipinski definition) is 3. The van der Waals surface area contributed by atoms with Crippen LogP contribution in [0.15, 0.2) is 36.4 Å². The first-order valence-corrected chi connectivity index (χ1v) is 8.12. The Kier molecular flexibility index (Phi) is 4.22. The molecule has 1 amide bonds. The van der Waals surface area contributed by atoms with Gasteiger partial charge in [0.2, 0.25) is 0 Å². The first-order chi connectivity index (χ1) is 11.3. The Morgan fingerprint density at radius 1 is 0.958 bits per heavy atom. The molecule has 4 nitrogen and oxygen atoms in total. The van der Waals surface area contributed by atoms with Gasteiger partial charge in [-0.25, -0.2) is 0 Å². The number of carbonyl (C=O) groups excluding carboxylic acids is 1. The molecule has 1 aliphatic rings. The van der Waals surface area contributed by atoms with Crippen molar-refractivity contribution in [1.29, 1.82) is 0 Å². The zero-order valence-electron chi connectivity index (χ0n) is 14.6. The number of fused-ring (bicyclic) bond motifs is 1. The van der Waals surface area contributed by atoms with Gasteiger partial charge in [0.05, 0.1) is 13.2 Å². The van der Waals surface area contributed by atoms with Crippen molar-refractivity contribution in [3.05, 3.63) is 53.1 Å². The summed E-state index contributed by atoms with van der Waals surface area (Å²) in [6.45, 7) is 9.35. The first kappa shape index (κ1) is 16.4. The molecule has 0 aromatic heterocycles. The average molecular weight is 325 g/mol. The van der Waals surface area contributed by atoms with Gasteiger partial charge in [-0.15, -0.1) is 0 Å². The molecule has 1 aliphatic heterocycles. The Bertz CT molecular complexity index is 760. The van der Waals surface area contributed by atoms with Crippen LogP contribution in [0.1, 0.15) is 35.3 Å². The molecule has 1 heterocycles. The average Bonchev–Trinajstić information content (AvgIpc) is 2.65. The molecule has 0 spiro atoms. The van der Waals surface area contributed by atoms with Crippen LogP contribution in [0.5, 0.6) is 11.5 Å². The molecule has 3 rings (SSSR count). The van der Waals surface area contributed by atoms with Crippen LogP contribution in [0.25, 0.3) is 0 Å². The van der Waals surface area contributed by atoms with E-state index in [0.29, 0.717) is 30.3 Å². The lowest BCUT2D eigenvalue weighted by Gasteiger charge is -2.19. The molecule has 0 aliphatic carbocycles. The monoisotopic (exact) mass is 325 g/mol. The third-order valence-corrected chi connectivity index (χ3v) is 3.92. The molecular formula is C20H23NO3. The molecule has 1 N–H and O–H groups in total. The molecule has 0 atom stereocenters. The van der Waals surface area contributed by atoms with Crippen molar-refractivity contribution in [2.75, 3.05) is 18.5 Å². The van der Waals surface area contributed by atoms with Crippen LogP contribution in [-0.4, -0.2) is 19.1 Å².